The van der Waals surface area contributed by atoms with Crippen molar-refractivity contribution in [2.75, 3.05) is 19.8 Å². The van der Waals surface area contributed by atoms with Gasteiger partial charge in [-0.05, 0) is 51.4 Å². The number of rotatable bonds is 9. The Morgan fingerprint density at radius 2 is 2.11 bits per heavy atom. The summed E-state index contributed by atoms with van der Waals surface area (Å²) >= 11 is 6.18. The normalized spacial score (nSPS) is 11.0. The third kappa shape index (κ3) is 6.81. The Bertz CT molecular complexity index is 369. The summed E-state index contributed by atoms with van der Waals surface area (Å²) in [7, 11) is 0. The summed E-state index contributed by atoms with van der Waals surface area (Å²) < 4.78 is 10.9. The van der Waals surface area contributed by atoms with Crippen LogP contribution in [0.25, 0.3) is 0 Å². The first-order valence-electron chi connectivity index (χ1n) is 6.87. The molecule has 1 aromatic carbocycles. The van der Waals surface area contributed by atoms with Gasteiger partial charge < -0.3 is 14.8 Å². The molecule has 0 amide bonds. The highest BCUT2D eigenvalue weighted by molar-refractivity contribution is 6.32. The molecule has 0 atom stereocenters. The summed E-state index contributed by atoms with van der Waals surface area (Å²) in [4.78, 5) is 0. The summed E-state index contributed by atoms with van der Waals surface area (Å²) in [5, 5.41) is 4.04. The van der Waals surface area contributed by atoms with E-state index in [1.807, 2.05) is 39.0 Å². The van der Waals surface area contributed by atoms with Crippen molar-refractivity contribution in [2.24, 2.45) is 0 Å². The Labute approximate surface area is 121 Å². The van der Waals surface area contributed by atoms with Crippen molar-refractivity contribution < 1.29 is 9.47 Å². The highest BCUT2D eigenvalue weighted by Gasteiger charge is 2.04. The van der Waals surface area contributed by atoms with E-state index < -0.39 is 0 Å². The van der Waals surface area contributed by atoms with Gasteiger partial charge in [0.1, 0.15) is 5.75 Å². The van der Waals surface area contributed by atoms with E-state index in [9.17, 15) is 0 Å². The second-order valence-electron chi connectivity index (χ2n) is 4.66. The van der Waals surface area contributed by atoms with Gasteiger partial charge in [-0.15, -0.1) is 0 Å². The lowest BCUT2D eigenvalue weighted by Gasteiger charge is -2.12. The number of hydrogen-bond acceptors (Lipinski definition) is 3. The van der Waals surface area contributed by atoms with Crippen molar-refractivity contribution in [3.63, 3.8) is 0 Å². The average molecular weight is 286 g/mol. The van der Waals surface area contributed by atoms with E-state index in [0.717, 1.165) is 44.0 Å². The van der Waals surface area contributed by atoms with Gasteiger partial charge in [0.2, 0.25) is 0 Å². The topological polar surface area (TPSA) is 30.5 Å². The van der Waals surface area contributed by atoms with Gasteiger partial charge in [-0.25, -0.2) is 0 Å². The molecule has 0 aromatic heterocycles. The molecule has 0 spiro atoms. The minimum absolute atomic E-state index is 0.139. The standard InChI is InChI=1S/C15H24ClNO2/c1-4-18-9-5-8-17-11-13-6-7-15(14(16)10-13)19-12(2)3/h6-7,10,12,17H,4-5,8-9,11H2,1-3H3. The molecule has 0 radical (unpaired) electrons. The van der Waals surface area contributed by atoms with Gasteiger partial charge in [0.05, 0.1) is 11.1 Å². The van der Waals surface area contributed by atoms with Gasteiger partial charge in [-0.2, -0.15) is 0 Å². The zero-order valence-corrected chi connectivity index (χ0v) is 12.8. The number of nitrogens with one attached hydrogen (secondary N) is 1. The van der Waals surface area contributed by atoms with Crippen molar-refractivity contribution in [1.82, 2.24) is 5.32 Å². The molecule has 0 unspecified atom stereocenters. The second-order valence-corrected chi connectivity index (χ2v) is 5.07. The van der Waals surface area contributed by atoms with E-state index in [2.05, 4.69) is 5.32 Å². The zero-order valence-electron chi connectivity index (χ0n) is 12.0. The summed E-state index contributed by atoms with van der Waals surface area (Å²) in [6.45, 7) is 9.35. The first-order valence-corrected chi connectivity index (χ1v) is 7.24. The lowest BCUT2D eigenvalue weighted by atomic mass is 10.2. The van der Waals surface area contributed by atoms with Crippen LogP contribution in [-0.4, -0.2) is 25.9 Å². The largest absolute Gasteiger partial charge is 0.489 e. The maximum atomic E-state index is 6.18. The molecule has 0 fully saturated rings. The Hall–Kier alpha value is -0.770. The molecule has 0 aliphatic carbocycles. The van der Waals surface area contributed by atoms with Gasteiger partial charge in [0.15, 0.2) is 0 Å². The number of benzene rings is 1. The molecule has 0 aliphatic heterocycles. The van der Waals surface area contributed by atoms with Crippen molar-refractivity contribution in [1.29, 1.82) is 0 Å². The maximum absolute atomic E-state index is 6.18. The van der Waals surface area contributed by atoms with E-state index >= 15 is 0 Å². The Balaban J connectivity index is 2.33. The molecular formula is C15H24ClNO2. The monoisotopic (exact) mass is 285 g/mol. The number of halogens is 1. The van der Waals surface area contributed by atoms with Crippen LogP contribution in [0.5, 0.6) is 5.75 Å². The van der Waals surface area contributed by atoms with Crippen molar-refractivity contribution >= 4 is 11.6 Å². The summed E-state index contributed by atoms with van der Waals surface area (Å²) in [5.74, 6) is 0.747. The van der Waals surface area contributed by atoms with E-state index in [1.54, 1.807) is 0 Å². The minimum Gasteiger partial charge on any atom is -0.489 e. The highest BCUT2D eigenvalue weighted by Crippen LogP contribution is 2.26. The zero-order chi connectivity index (χ0) is 14.1. The van der Waals surface area contributed by atoms with Crippen molar-refractivity contribution in [2.45, 2.75) is 39.8 Å². The predicted molar refractivity (Wildman–Crippen MR) is 80.0 cm³/mol. The molecule has 0 saturated heterocycles. The van der Waals surface area contributed by atoms with Crippen LogP contribution in [0.1, 0.15) is 32.8 Å². The van der Waals surface area contributed by atoms with Crippen LogP contribution in [0.2, 0.25) is 5.02 Å². The van der Waals surface area contributed by atoms with Crippen LogP contribution < -0.4 is 10.1 Å². The molecule has 1 N–H and O–H groups in total. The van der Waals surface area contributed by atoms with E-state index in [-0.39, 0.29) is 6.10 Å². The Morgan fingerprint density at radius 3 is 2.74 bits per heavy atom. The molecule has 0 saturated carbocycles. The SMILES string of the molecule is CCOCCCNCc1ccc(OC(C)C)c(Cl)c1. The quantitative estimate of drug-likeness (QED) is 0.703. The van der Waals surface area contributed by atoms with Crippen LogP contribution in [0, 0.1) is 0 Å². The fourth-order valence-electron chi connectivity index (χ4n) is 1.68. The summed E-state index contributed by atoms with van der Waals surface area (Å²) in [5.41, 5.74) is 1.16. The Kier molecular flexibility index (Phi) is 7.87. The first kappa shape index (κ1) is 16.3. The minimum atomic E-state index is 0.139. The lowest BCUT2D eigenvalue weighted by Crippen LogP contribution is -2.16. The second kappa shape index (κ2) is 9.18. The number of ether oxygens (including phenoxy) is 2. The number of hydrogen-bond donors (Lipinski definition) is 1. The van der Waals surface area contributed by atoms with Crippen molar-refractivity contribution in [3.05, 3.63) is 28.8 Å². The van der Waals surface area contributed by atoms with E-state index in [0.29, 0.717) is 5.02 Å². The fourth-order valence-corrected chi connectivity index (χ4v) is 1.93. The Morgan fingerprint density at radius 1 is 1.32 bits per heavy atom. The molecule has 0 aliphatic rings. The molecule has 1 rings (SSSR count). The molecular weight excluding hydrogens is 262 g/mol. The van der Waals surface area contributed by atoms with Crippen LogP contribution >= 0.6 is 11.6 Å². The molecule has 0 heterocycles. The van der Waals surface area contributed by atoms with E-state index in [1.165, 1.54) is 0 Å². The van der Waals surface area contributed by atoms with Crippen molar-refractivity contribution in [3.8, 4) is 5.75 Å². The molecule has 3 nitrogen and oxygen atoms in total. The lowest BCUT2D eigenvalue weighted by molar-refractivity contribution is 0.144. The van der Waals surface area contributed by atoms with E-state index in [4.69, 9.17) is 21.1 Å². The van der Waals surface area contributed by atoms with Crippen LogP contribution in [-0.2, 0) is 11.3 Å². The summed E-state index contributed by atoms with van der Waals surface area (Å²) in [6.07, 6.45) is 1.16. The smallest absolute Gasteiger partial charge is 0.138 e. The fraction of sp³-hybridized carbons (Fsp3) is 0.600. The molecule has 108 valence electrons. The van der Waals surface area contributed by atoms with Crippen LogP contribution in [0.3, 0.4) is 0 Å². The average Bonchev–Trinajstić information content (AvgIpc) is 2.36. The van der Waals surface area contributed by atoms with Gasteiger partial charge in [-0.3, -0.25) is 0 Å². The molecule has 1 aromatic rings. The third-order valence-electron chi connectivity index (χ3n) is 2.53. The van der Waals surface area contributed by atoms with Gasteiger partial charge in [0, 0.05) is 19.8 Å². The summed E-state index contributed by atoms with van der Waals surface area (Å²) in [6, 6.07) is 5.92. The van der Waals surface area contributed by atoms with Crippen LogP contribution in [0.4, 0.5) is 0 Å². The van der Waals surface area contributed by atoms with Gasteiger partial charge >= 0.3 is 0 Å². The van der Waals surface area contributed by atoms with Crippen LogP contribution in [0.15, 0.2) is 18.2 Å². The molecule has 4 heteroatoms. The highest BCUT2D eigenvalue weighted by atomic mass is 35.5. The predicted octanol–water partition coefficient (Wildman–Crippen LogP) is 3.64. The molecule has 19 heavy (non-hydrogen) atoms. The molecule has 0 bridgehead atoms. The third-order valence-corrected chi connectivity index (χ3v) is 2.83. The maximum Gasteiger partial charge on any atom is 0.138 e. The first-order chi connectivity index (χ1) is 9.13. The van der Waals surface area contributed by atoms with Gasteiger partial charge in [0.25, 0.3) is 0 Å². The van der Waals surface area contributed by atoms with Gasteiger partial charge in [-0.1, -0.05) is 17.7 Å².